The number of sulfonamides is 1. The molecule has 160 valence electrons. The van der Waals surface area contributed by atoms with Gasteiger partial charge in [-0.05, 0) is 30.0 Å². The van der Waals surface area contributed by atoms with Gasteiger partial charge >= 0.3 is 0 Å². The highest BCUT2D eigenvalue weighted by molar-refractivity contribution is 8.18. The minimum atomic E-state index is -3.81. The van der Waals surface area contributed by atoms with Crippen molar-refractivity contribution in [3.05, 3.63) is 52.3 Å². The molecule has 1 saturated heterocycles. The zero-order valence-corrected chi connectivity index (χ0v) is 18.0. The SMILES string of the molecule is O=C1NC(=O)C(=Cc2cc3cncc(-c4ccc(S(=O)(=O)NCCO)cc4Cl)c3o2)S1. The number of pyridine rings is 1. The van der Waals surface area contributed by atoms with Crippen LogP contribution < -0.4 is 10.0 Å². The third-order valence-corrected chi connectivity index (χ3v) is 6.88. The van der Waals surface area contributed by atoms with Crippen molar-refractivity contribution >= 4 is 61.6 Å². The molecule has 2 amide bonds. The summed E-state index contributed by atoms with van der Waals surface area (Å²) in [4.78, 5) is 27.4. The van der Waals surface area contributed by atoms with Crippen LogP contribution in [-0.4, -0.2) is 42.8 Å². The Labute approximate surface area is 185 Å². The number of rotatable bonds is 6. The van der Waals surface area contributed by atoms with E-state index in [0.717, 1.165) is 11.8 Å². The van der Waals surface area contributed by atoms with Gasteiger partial charge in [0, 0.05) is 46.6 Å². The third kappa shape index (κ3) is 4.36. The van der Waals surface area contributed by atoms with E-state index in [0.29, 0.717) is 27.9 Å². The van der Waals surface area contributed by atoms with Crippen molar-refractivity contribution < 1.29 is 27.5 Å². The molecule has 0 saturated carbocycles. The second-order valence-electron chi connectivity index (χ2n) is 6.37. The second-order valence-corrected chi connectivity index (χ2v) is 9.56. The molecule has 0 unspecified atom stereocenters. The van der Waals surface area contributed by atoms with Gasteiger partial charge in [-0.15, -0.1) is 0 Å². The molecule has 0 spiro atoms. The highest BCUT2D eigenvalue weighted by atomic mass is 35.5. The first kappa shape index (κ1) is 21.5. The molecule has 1 fully saturated rings. The maximum Gasteiger partial charge on any atom is 0.290 e. The summed E-state index contributed by atoms with van der Waals surface area (Å²) in [5.41, 5.74) is 1.46. The molecule has 12 heteroatoms. The van der Waals surface area contributed by atoms with Crippen LogP contribution in [0.4, 0.5) is 4.79 Å². The van der Waals surface area contributed by atoms with Gasteiger partial charge in [-0.1, -0.05) is 17.7 Å². The van der Waals surface area contributed by atoms with Crippen molar-refractivity contribution in [2.45, 2.75) is 4.90 Å². The molecule has 1 aliphatic heterocycles. The normalized spacial score (nSPS) is 15.7. The summed E-state index contributed by atoms with van der Waals surface area (Å²) >= 11 is 7.14. The quantitative estimate of drug-likeness (QED) is 0.459. The van der Waals surface area contributed by atoms with Crippen molar-refractivity contribution in [2.75, 3.05) is 13.2 Å². The molecule has 4 rings (SSSR count). The van der Waals surface area contributed by atoms with Crippen LogP contribution in [0.15, 0.2) is 50.9 Å². The number of carbonyl (C=O) groups excluding carboxylic acids is 2. The fraction of sp³-hybridized carbons (Fsp3) is 0.105. The van der Waals surface area contributed by atoms with E-state index in [2.05, 4.69) is 15.0 Å². The zero-order valence-electron chi connectivity index (χ0n) is 15.6. The fourth-order valence-corrected chi connectivity index (χ4v) is 5.00. The van der Waals surface area contributed by atoms with Crippen molar-refractivity contribution in [3.63, 3.8) is 0 Å². The lowest BCUT2D eigenvalue weighted by Gasteiger charge is -2.09. The van der Waals surface area contributed by atoms with E-state index in [1.165, 1.54) is 30.5 Å². The molecule has 2 aromatic heterocycles. The first-order chi connectivity index (χ1) is 14.8. The van der Waals surface area contributed by atoms with Crippen LogP contribution >= 0.6 is 23.4 Å². The Bertz CT molecular complexity index is 1350. The Morgan fingerprint density at radius 3 is 2.71 bits per heavy atom. The monoisotopic (exact) mass is 479 g/mol. The van der Waals surface area contributed by atoms with Gasteiger partial charge in [-0.2, -0.15) is 0 Å². The topological polar surface area (TPSA) is 139 Å². The molecule has 0 bridgehead atoms. The average Bonchev–Trinajstić information content (AvgIpc) is 3.28. The number of hydrogen-bond donors (Lipinski definition) is 3. The first-order valence-electron chi connectivity index (χ1n) is 8.81. The number of aromatic nitrogens is 1. The standard InChI is InChI=1S/C19H14ClN3O6S2/c20-15-7-12(31(27,28)22-3-4-24)1-2-13(15)14-9-21-8-10-5-11(29-17(10)14)6-16-18(25)23-19(26)30-16/h1-2,5-9,22,24H,3-4H2,(H,23,25,26). The number of fused-ring (bicyclic) bond motifs is 1. The van der Waals surface area contributed by atoms with Crippen LogP contribution in [-0.2, 0) is 14.8 Å². The van der Waals surface area contributed by atoms with Crippen molar-refractivity contribution in [2.24, 2.45) is 0 Å². The third-order valence-electron chi connectivity index (χ3n) is 4.30. The highest BCUT2D eigenvalue weighted by Crippen LogP contribution is 2.36. The number of carbonyl (C=O) groups is 2. The summed E-state index contributed by atoms with van der Waals surface area (Å²) < 4.78 is 32.6. The lowest BCUT2D eigenvalue weighted by Crippen LogP contribution is -2.26. The number of thioether (sulfide) groups is 1. The Morgan fingerprint density at radius 2 is 2.03 bits per heavy atom. The molecule has 1 aromatic carbocycles. The Balaban J connectivity index is 1.73. The zero-order chi connectivity index (χ0) is 22.2. The van der Waals surface area contributed by atoms with Gasteiger partial charge in [-0.3, -0.25) is 19.9 Å². The van der Waals surface area contributed by atoms with Crippen LogP contribution in [0.2, 0.25) is 5.02 Å². The lowest BCUT2D eigenvalue weighted by molar-refractivity contribution is -0.115. The van der Waals surface area contributed by atoms with Crippen molar-refractivity contribution in [1.82, 2.24) is 15.0 Å². The van der Waals surface area contributed by atoms with Crippen LogP contribution in [0.25, 0.3) is 28.2 Å². The number of amides is 2. The Hall–Kier alpha value is -2.70. The molecule has 3 aromatic rings. The number of halogens is 1. The van der Waals surface area contributed by atoms with Gasteiger partial charge in [0.2, 0.25) is 10.0 Å². The number of nitrogens with zero attached hydrogens (tertiary/aromatic N) is 1. The van der Waals surface area contributed by atoms with E-state index in [-0.39, 0.29) is 28.0 Å². The number of nitrogens with one attached hydrogen (secondary N) is 2. The van der Waals surface area contributed by atoms with E-state index in [1.807, 2.05) is 0 Å². The van der Waals surface area contributed by atoms with Crippen LogP contribution in [0, 0.1) is 0 Å². The van der Waals surface area contributed by atoms with Gasteiger partial charge in [-0.25, -0.2) is 13.1 Å². The average molecular weight is 480 g/mol. The molecular weight excluding hydrogens is 466 g/mol. The summed E-state index contributed by atoms with van der Waals surface area (Å²) in [6.45, 7) is -0.443. The van der Waals surface area contributed by atoms with Crippen LogP contribution in [0.5, 0.6) is 0 Å². The van der Waals surface area contributed by atoms with Gasteiger partial charge in [0.15, 0.2) is 0 Å². The van der Waals surface area contributed by atoms with E-state index >= 15 is 0 Å². The molecule has 0 radical (unpaired) electrons. The molecule has 9 nitrogen and oxygen atoms in total. The van der Waals surface area contributed by atoms with E-state index in [1.54, 1.807) is 12.3 Å². The van der Waals surface area contributed by atoms with Gasteiger partial charge in [0.1, 0.15) is 11.3 Å². The number of benzene rings is 1. The van der Waals surface area contributed by atoms with Crippen molar-refractivity contribution in [3.8, 4) is 11.1 Å². The predicted molar refractivity (Wildman–Crippen MR) is 116 cm³/mol. The smallest absolute Gasteiger partial charge is 0.290 e. The Kier molecular flexibility index (Phi) is 5.86. The molecule has 3 heterocycles. The minimum absolute atomic E-state index is 0.0476. The first-order valence-corrected chi connectivity index (χ1v) is 11.5. The summed E-state index contributed by atoms with van der Waals surface area (Å²) in [7, 11) is -3.81. The molecule has 0 atom stereocenters. The molecule has 31 heavy (non-hydrogen) atoms. The van der Waals surface area contributed by atoms with Gasteiger partial charge < -0.3 is 9.52 Å². The molecule has 0 aliphatic carbocycles. The number of aliphatic hydroxyl groups is 1. The summed E-state index contributed by atoms with van der Waals surface area (Å²) in [6.07, 6.45) is 4.56. The maximum atomic E-state index is 12.2. The van der Waals surface area contributed by atoms with E-state index < -0.39 is 21.2 Å². The molecular formula is C19H14ClN3O6S2. The molecule has 3 N–H and O–H groups in total. The highest BCUT2D eigenvalue weighted by Gasteiger charge is 2.26. The minimum Gasteiger partial charge on any atom is -0.456 e. The second kappa shape index (κ2) is 8.44. The number of imide groups is 1. The fourth-order valence-electron chi connectivity index (χ4n) is 2.94. The van der Waals surface area contributed by atoms with Crippen LogP contribution in [0.3, 0.4) is 0 Å². The summed E-state index contributed by atoms with van der Waals surface area (Å²) in [6, 6.07) is 5.88. The van der Waals surface area contributed by atoms with Gasteiger partial charge in [0.25, 0.3) is 11.1 Å². The van der Waals surface area contributed by atoms with Gasteiger partial charge in [0.05, 0.1) is 16.4 Å². The Morgan fingerprint density at radius 1 is 1.23 bits per heavy atom. The van der Waals surface area contributed by atoms with Crippen molar-refractivity contribution in [1.29, 1.82) is 0 Å². The van der Waals surface area contributed by atoms with Crippen LogP contribution in [0.1, 0.15) is 5.76 Å². The number of hydrogen-bond acceptors (Lipinski definition) is 8. The van der Waals surface area contributed by atoms with E-state index in [4.69, 9.17) is 21.1 Å². The number of aliphatic hydroxyl groups excluding tert-OH is 1. The summed E-state index contributed by atoms with van der Waals surface area (Å²) in [5, 5.41) is 11.3. The summed E-state index contributed by atoms with van der Waals surface area (Å²) in [5.74, 6) is -0.149. The number of furan rings is 1. The molecule has 1 aliphatic rings. The maximum absolute atomic E-state index is 12.2. The van der Waals surface area contributed by atoms with E-state index in [9.17, 15) is 18.0 Å². The largest absolute Gasteiger partial charge is 0.456 e. The lowest BCUT2D eigenvalue weighted by atomic mass is 10.1. The predicted octanol–water partition coefficient (Wildman–Crippen LogP) is 2.74.